The van der Waals surface area contributed by atoms with Crippen LogP contribution in [0, 0.1) is 5.92 Å². The summed E-state index contributed by atoms with van der Waals surface area (Å²) in [6.45, 7) is -1.25. The van der Waals surface area contributed by atoms with E-state index in [2.05, 4.69) is 25.7 Å². The van der Waals surface area contributed by atoms with Gasteiger partial charge in [0.05, 0.1) is 54.5 Å². The van der Waals surface area contributed by atoms with Crippen molar-refractivity contribution in [3.8, 4) is 33.8 Å². The number of methoxy groups -OCH3 is 1. The van der Waals surface area contributed by atoms with Gasteiger partial charge in [-0.15, -0.1) is 5.10 Å². The van der Waals surface area contributed by atoms with Gasteiger partial charge in [-0.2, -0.15) is 13.9 Å². The summed E-state index contributed by atoms with van der Waals surface area (Å²) in [6.07, 6.45) is 3.70. The normalized spacial score (nSPS) is 16.8. The second kappa shape index (κ2) is 13.0. The van der Waals surface area contributed by atoms with Gasteiger partial charge in [0.25, 0.3) is 12.0 Å². The lowest BCUT2D eigenvalue weighted by Gasteiger charge is -2.24. The molecule has 5 aromatic rings. The van der Waals surface area contributed by atoms with E-state index in [9.17, 15) is 27.2 Å². The molecule has 2 atom stereocenters. The van der Waals surface area contributed by atoms with E-state index in [4.69, 9.17) is 16.3 Å². The Morgan fingerprint density at radius 1 is 1.04 bits per heavy atom. The summed E-state index contributed by atoms with van der Waals surface area (Å²) in [6, 6.07) is 8.43. The molecular weight excluding hydrogens is 644 g/mol. The molecule has 1 aromatic carbocycles. The molecule has 47 heavy (non-hydrogen) atoms. The van der Waals surface area contributed by atoms with Crippen molar-refractivity contribution >= 4 is 23.2 Å². The first-order chi connectivity index (χ1) is 22.5. The van der Waals surface area contributed by atoms with Gasteiger partial charge in [-0.25, -0.2) is 18.1 Å². The highest BCUT2D eigenvalue weighted by Crippen LogP contribution is 2.38. The van der Waals surface area contributed by atoms with Crippen LogP contribution >= 0.6 is 11.6 Å². The van der Waals surface area contributed by atoms with Gasteiger partial charge in [0.15, 0.2) is 0 Å². The minimum Gasteiger partial charge on any atom is -0.495 e. The Bertz CT molecular complexity index is 2010. The van der Waals surface area contributed by atoms with Crippen LogP contribution in [0.1, 0.15) is 56.6 Å². The molecule has 2 bridgehead atoms. The highest BCUT2D eigenvalue weighted by Gasteiger charge is 2.27. The molecule has 244 valence electrons. The molecule has 11 nitrogen and oxygen atoms in total. The number of benzene rings is 1. The number of halogens is 5. The number of ether oxygens (including phenoxy) is 1. The number of carbonyl (C=O) groups is 1. The number of alkyl halides is 4. The topological polar surface area (TPSA) is 122 Å². The molecule has 16 heteroatoms. The number of hydrogen-bond acceptors (Lipinski definition) is 7. The van der Waals surface area contributed by atoms with E-state index < -0.39 is 36.2 Å². The molecule has 4 aromatic heterocycles. The predicted molar refractivity (Wildman–Crippen MR) is 164 cm³/mol. The van der Waals surface area contributed by atoms with Crippen LogP contribution in [-0.4, -0.2) is 47.3 Å². The average Bonchev–Trinajstić information content (AvgIpc) is 3.71. The molecule has 5 heterocycles. The smallest absolute Gasteiger partial charge is 0.333 e. The number of carbonyl (C=O) groups excluding carboxylic acids is 1. The first-order valence-electron chi connectivity index (χ1n) is 14.5. The Morgan fingerprint density at radius 2 is 1.85 bits per heavy atom. The van der Waals surface area contributed by atoms with Crippen LogP contribution in [0.5, 0.6) is 5.75 Å². The lowest BCUT2D eigenvalue weighted by atomic mass is 9.96. The molecule has 0 aliphatic carbocycles. The van der Waals surface area contributed by atoms with E-state index in [1.807, 2.05) is 0 Å². The molecule has 0 unspecified atom stereocenters. The third-order valence-corrected chi connectivity index (χ3v) is 8.26. The first kappa shape index (κ1) is 31.9. The number of nitrogens with zero attached hydrogens (tertiary/aromatic N) is 7. The van der Waals surface area contributed by atoms with Gasteiger partial charge in [-0.1, -0.05) is 30.2 Å². The molecule has 1 amide bonds. The molecule has 1 aliphatic rings. The van der Waals surface area contributed by atoms with Crippen LogP contribution in [0.4, 0.5) is 23.2 Å². The molecule has 0 spiro atoms. The molecule has 0 saturated carbocycles. The van der Waals surface area contributed by atoms with Crippen molar-refractivity contribution in [2.24, 2.45) is 5.92 Å². The number of amides is 1. The Balaban J connectivity index is 1.49. The second-order valence-electron chi connectivity index (χ2n) is 11.0. The Hall–Kier alpha value is -5.05. The fourth-order valence-corrected chi connectivity index (χ4v) is 5.84. The van der Waals surface area contributed by atoms with E-state index in [1.165, 1.54) is 42.4 Å². The van der Waals surface area contributed by atoms with Gasteiger partial charge in [0.1, 0.15) is 11.4 Å². The molecule has 0 fully saturated rings. The third-order valence-electron chi connectivity index (χ3n) is 8.03. The van der Waals surface area contributed by atoms with Crippen molar-refractivity contribution in [2.75, 3.05) is 12.4 Å². The van der Waals surface area contributed by atoms with E-state index in [-0.39, 0.29) is 23.0 Å². The summed E-state index contributed by atoms with van der Waals surface area (Å²) in [7, 11) is 1.41. The monoisotopic (exact) mass is 670 g/mol. The summed E-state index contributed by atoms with van der Waals surface area (Å²) < 4.78 is 63.4. The van der Waals surface area contributed by atoms with Crippen molar-refractivity contribution in [3.63, 3.8) is 0 Å². The largest absolute Gasteiger partial charge is 0.495 e. The maximum atomic E-state index is 14.0. The van der Waals surface area contributed by atoms with E-state index in [0.717, 1.165) is 10.9 Å². The molecule has 0 saturated heterocycles. The number of nitrogens with one attached hydrogen (secondary N) is 1. The van der Waals surface area contributed by atoms with Crippen molar-refractivity contribution < 1.29 is 27.1 Å². The summed E-state index contributed by atoms with van der Waals surface area (Å²) in [5, 5.41) is 14.2. The van der Waals surface area contributed by atoms with Crippen molar-refractivity contribution in [1.29, 1.82) is 0 Å². The number of anilines is 1. The maximum Gasteiger partial charge on any atom is 0.333 e. The van der Waals surface area contributed by atoms with Gasteiger partial charge in [-0.3, -0.25) is 14.6 Å². The van der Waals surface area contributed by atoms with Gasteiger partial charge >= 0.3 is 6.55 Å². The minimum absolute atomic E-state index is 0.000366. The van der Waals surface area contributed by atoms with Crippen molar-refractivity contribution in [2.45, 2.75) is 45.2 Å². The molecule has 1 N–H and O–H groups in total. The lowest BCUT2D eigenvalue weighted by molar-refractivity contribution is -0.119. The Morgan fingerprint density at radius 3 is 2.57 bits per heavy atom. The Kier molecular flexibility index (Phi) is 8.82. The highest BCUT2D eigenvalue weighted by atomic mass is 35.5. The molecule has 6 rings (SSSR count). The minimum atomic E-state index is -2.98. The van der Waals surface area contributed by atoms with Gasteiger partial charge in [-0.05, 0) is 43.2 Å². The maximum absolute atomic E-state index is 14.0. The van der Waals surface area contributed by atoms with Crippen LogP contribution < -0.4 is 15.6 Å². The standard InChI is InChI=1S/C31H27ClF4N8O3/c1-16-4-3-5-25(21-10-17(8-9-37-21)28-22(39-30(16)46)13-38-44(28)31(35)36)42-15-26(47-2)20(12-27(42)45)19-11-18(32)6-7-24(19)43-14-23(29(33)34)40-41-43/h6-16,25,29,31H,3-5H2,1-2H3,(H,39,46)/t16-,25-/m1/s1. The van der Waals surface area contributed by atoms with Crippen molar-refractivity contribution in [3.05, 3.63) is 87.9 Å². The number of fused-ring (bicyclic) bond motifs is 4. The van der Waals surface area contributed by atoms with Crippen LogP contribution in [-0.2, 0) is 4.79 Å². The zero-order valence-corrected chi connectivity index (χ0v) is 25.7. The average molecular weight is 671 g/mol. The predicted octanol–water partition coefficient (Wildman–Crippen LogP) is 6.70. The Labute approximate surface area is 269 Å². The second-order valence-corrected chi connectivity index (χ2v) is 11.4. The van der Waals surface area contributed by atoms with Gasteiger partial charge in [0.2, 0.25) is 5.91 Å². The van der Waals surface area contributed by atoms with Crippen LogP contribution in [0.3, 0.4) is 0 Å². The number of hydrogen-bond donors (Lipinski definition) is 1. The summed E-state index contributed by atoms with van der Waals surface area (Å²) in [5.41, 5.74) is 0.874. The summed E-state index contributed by atoms with van der Waals surface area (Å²) >= 11 is 6.32. The number of pyridine rings is 2. The summed E-state index contributed by atoms with van der Waals surface area (Å²) in [5.74, 6) is -0.572. The SMILES string of the molecule is COc1cn([C@@H]2CCC[C@@H](C)C(=O)Nc3cnn(C(F)F)c3-c3ccnc2c3)c(=O)cc1-c1cc(Cl)ccc1-n1cc(C(F)F)nn1. The fourth-order valence-electron chi connectivity index (χ4n) is 5.66. The van der Waals surface area contributed by atoms with Gasteiger partial charge < -0.3 is 14.6 Å². The zero-order valence-electron chi connectivity index (χ0n) is 24.9. The quantitative estimate of drug-likeness (QED) is 0.200. The highest BCUT2D eigenvalue weighted by molar-refractivity contribution is 6.31. The lowest BCUT2D eigenvalue weighted by Crippen LogP contribution is -2.27. The number of rotatable bonds is 6. The fraction of sp³-hybridized carbons (Fsp3) is 0.290. The third kappa shape index (κ3) is 6.22. The zero-order chi connectivity index (χ0) is 33.4. The van der Waals surface area contributed by atoms with Gasteiger partial charge in [0, 0.05) is 39.9 Å². The first-order valence-corrected chi connectivity index (χ1v) is 14.9. The molecule has 0 radical (unpaired) electrons. The molecule has 1 aliphatic heterocycles. The number of aromatic nitrogens is 7. The van der Waals surface area contributed by atoms with E-state index in [1.54, 1.807) is 31.2 Å². The molecular formula is C31H27ClF4N8O3. The van der Waals surface area contributed by atoms with Crippen molar-refractivity contribution in [1.82, 2.24) is 34.3 Å². The van der Waals surface area contributed by atoms with E-state index >= 15 is 0 Å². The van der Waals surface area contributed by atoms with Crippen LogP contribution in [0.2, 0.25) is 5.02 Å². The van der Waals surface area contributed by atoms with Crippen LogP contribution in [0.15, 0.2) is 66.0 Å². The summed E-state index contributed by atoms with van der Waals surface area (Å²) in [4.78, 5) is 31.4. The van der Waals surface area contributed by atoms with Crippen LogP contribution in [0.25, 0.3) is 28.1 Å². The van der Waals surface area contributed by atoms with E-state index in [0.29, 0.717) is 57.0 Å².